The van der Waals surface area contributed by atoms with E-state index in [4.69, 9.17) is 4.74 Å². The van der Waals surface area contributed by atoms with Gasteiger partial charge in [-0.25, -0.2) is 0 Å². The zero-order valence-electron chi connectivity index (χ0n) is 11.3. The zero-order valence-corrected chi connectivity index (χ0v) is 11.3. The molecule has 0 aromatic heterocycles. The maximum absolute atomic E-state index is 12.4. The lowest BCUT2D eigenvalue weighted by molar-refractivity contribution is -0.110. The van der Waals surface area contributed by atoms with Crippen molar-refractivity contribution in [2.24, 2.45) is 0 Å². The Balaban J connectivity index is 1.91. The Morgan fingerprint density at radius 1 is 1.35 bits per heavy atom. The monoisotopic (exact) mass is 272 g/mol. The van der Waals surface area contributed by atoms with Crippen LogP contribution < -0.4 is 5.32 Å². The predicted octanol–water partition coefficient (Wildman–Crippen LogP) is 1.51. The molecule has 2 amide bonds. The van der Waals surface area contributed by atoms with Crippen LogP contribution in [0.5, 0.6) is 0 Å². The number of amides is 2. The highest BCUT2D eigenvalue weighted by molar-refractivity contribution is 6.31. The highest BCUT2D eigenvalue weighted by atomic mass is 16.5. The number of carbonyl (C=O) groups is 2. The minimum Gasteiger partial charge on any atom is -0.378 e. The Morgan fingerprint density at radius 2 is 2.10 bits per heavy atom. The third-order valence-corrected chi connectivity index (χ3v) is 3.64. The number of benzene rings is 1. The number of rotatable bonds is 1. The first-order chi connectivity index (χ1) is 9.70. The van der Waals surface area contributed by atoms with E-state index in [-0.39, 0.29) is 11.8 Å². The van der Waals surface area contributed by atoms with Crippen molar-refractivity contribution in [3.63, 3.8) is 0 Å². The maximum Gasteiger partial charge on any atom is 0.256 e. The molecule has 1 fully saturated rings. The van der Waals surface area contributed by atoms with Gasteiger partial charge in [-0.1, -0.05) is 6.08 Å². The number of allylic oxidation sites excluding steroid dienone is 1. The van der Waals surface area contributed by atoms with Gasteiger partial charge >= 0.3 is 0 Å². The SMILES string of the molecule is C/C=C1/C(=O)Nc2ccc(C(=O)N3CCOCC3)cc21. The number of hydrogen-bond acceptors (Lipinski definition) is 3. The van der Waals surface area contributed by atoms with Gasteiger partial charge < -0.3 is 15.0 Å². The fourth-order valence-corrected chi connectivity index (χ4v) is 2.56. The van der Waals surface area contributed by atoms with Gasteiger partial charge in [-0.3, -0.25) is 9.59 Å². The van der Waals surface area contributed by atoms with E-state index in [2.05, 4.69) is 5.32 Å². The van der Waals surface area contributed by atoms with E-state index in [1.807, 2.05) is 6.92 Å². The van der Waals surface area contributed by atoms with E-state index in [9.17, 15) is 9.59 Å². The van der Waals surface area contributed by atoms with E-state index < -0.39 is 0 Å². The van der Waals surface area contributed by atoms with E-state index >= 15 is 0 Å². The average Bonchev–Trinajstić information content (AvgIpc) is 2.81. The third kappa shape index (κ3) is 2.10. The summed E-state index contributed by atoms with van der Waals surface area (Å²) in [7, 11) is 0. The van der Waals surface area contributed by atoms with Crippen LogP contribution in [-0.2, 0) is 9.53 Å². The van der Waals surface area contributed by atoms with E-state index in [0.29, 0.717) is 37.4 Å². The number of ether oxygens (including phenoxy) is 1. The Bertz CT molecular complexity index is 601. The smallest absolute Gasteiger partial charge is 0.256 e. The lowest BCUT2D eigenvalue weighted by Gasteiger charge is -2.27. The normalized spacial score (nSPS) is 19.9. The van der Waals surface area contributed by atoms with Crippen molar-refractivity contribution < 1.29 is 14.3 Å². The lowest BCUT2D eigenvalue weighted by atomic mass is 10.0. The molecule has 0 saturated carbocycles. The molecular formula is C15H16N2O3. The van der Waals surface area contributed by atoms with Crippen LogP contribution in [-0.4, -0.2) is 43.0 Å². The van der Waals surface area contributed by atoms with Crippen LogP contribution in [0, 0.1) is 0 Å². The second-order valence-corrected chi connectivity index (χ2v) is 4.82. The Morgan fingerprint density at radius 3 is 2.80 bits per heavy atom. The number of carbonyl (C=O) groups excluding carboxylic acids is 2. The fourth-order valence-electron chi connectivity index (χ4n) is 2.56. The summed E-state index contributed by atoms with van der Waals surface area (Å²) >= 11 is 0. The number of nitrogens with zero attached hydrogens (tertiary/aromatic N) is 1. The van der Waals surface area contributed by atoms with Crippen molar-refractivity contribution in [3.8, 4) is 0 Å². The average molecular weight is 272 g/mol. The van der Waals surface area contributed by atoms with Crippen molar-refractivity contribution in [1.82, 2.24) is 4.90 Å². The van der Waals surface area contributed by atoms with Crippen molar-refractivity contribution in [3.05, 3.63) is 35.4 Å². The van der Waals surface area contributed by atoms with Crippen LogP contribution in [0.15, 0.2) is 24.3 Å². The summed E-state index contributed by atoms with van der Waals surface area (Å²) in [6.45, 7) is 4.21. The number of anilines is 1. The molecule has 0 bridgehead atoms. The van der Waals surface area contributed by atoms with Crippen LogP contribution in [0.4, 0.5) is 5.69 Å². The van der Waals surface area contributed by atoms with Crippen molar-refractivity contribution in [2.45, 2.75) is 6.92 Å². The van der Waals surface area contributed by atoms with E-state index in [0.717, 1.165) is 11.3 Å². The topological polar surface area (TPSA) is 58.6 Å². The summed E-state index contributed by atoms with van der Waals surface area (Å²) < 4.78 is 5.25. The number of fused-ring (bicyclic) bond motifs is 1. The van der Waals surface area contributed by atoms with Crippen LogP contribution >= 0.6 is 0 Å². The summed E-state index contributed by atoms with van der Waals surface area (Å²) in [4.78, 5) is 26.0. The van der Waals surface area contributed by atoms with Crippen LogP contribution in [0.1, 0.15) is 22.8 Å². The number of morpholine rings is 1. The van der Waals surface area contributed by atoms with E-state index in [1.54, 1.807) is 29.2 Å². The molecule has 1 saturated heterocycles. The molecule has 0 spiro atoms. The first-order valence-corrected chi connectivity index (χ1v) is 6.70. The molecule has 1 aromatic rings. The van der Waals surface area contributed by atoms with E-state index in [1.165, 1.54) is 0 Å². The van der Waals surface area contributed by atoms with Gasteiger partial charge in [0.25, 0.3) is 11.8 Å². The molecule has 5 heteroatoms. The molecule has 0 aliphatic carbocycles. The molecular weight excluding hydrogens is 256 g/mol. The summed E-state index contributed by atoms with van der Waals surface area (Å²) in [5.41, 5.74) is 2.80. The van der Waals surface area contributed by atoms with Gasteiger partial charge in [0.05, 0.1) is 13.2 Å². The van der Waals surface area contributed by atoms with Gasteiger partial charge in [0.1, 0.15) is 0 Å². The first-order valence-electron chi connectivity index (χ1n) is 6.70. The third-order valence-electron chi connectivity index (χ3n) is 3.64. The Kier molecular flexibility index (Phi) is 3.28. The zero-order chi connectivity index (χ0) is 14.1. The quantitative estimate of drug-likeness (QED) is 0.788. The molecule has 5 nitrogen and oxygen atoms in total. The standard InChI is InChI=1S/C15H16N2O3/c1-2-11-12-9-10(3-4-13(12)16-14(11)18)15(19)17-5-7-20-8-6-17/h2-4,9H,5-8H2,1H3,(H,16,18)/b11-2+. The summed E-state index contributed by atoms with van der Waals surface area (Å²) in [6, 6.07) is 5.34. The van der Waals surface area contributed by atoms with Gasteiger partial charge in [-0.2, -0.15) is 0 Å². The minimum absolute atomic E-state index is 0.00842. The molecule has 0 atom stereocenters. The molecule has 104 valence electrons. The number of hydrogen-bond donors (Lipinski definition) is 1. The predicted molar refractivity (Wildman–Crippen MR) is 75.4 cm³/mol. The molecule has 2 aliphatic rings. The summed E-state index contributed by atoms with van der Waals surface area (Å²) in [6.07, 6.45) is 1.77. The molecule has 0 radical (unpaired) electrons. The van der Waals surface area contributed by atoms with Crippen molar-refractivity contribution >= 4 is 23.1 Å². The molecule has 2 heterocycles. The largest absolute Gasteiger partial charge is 0.378 e. The molecule has 1 aromatic carbocycles. The highest BCUT2D eigenvalue weighted by Crippen LogP contribution is 2.32. The molecule has 2 aliphatic heterocycles. The van der Waals surface area contributed by atoms with Crippen molar-refractivity contribution in [1.29, 1.82) is 0 Å². The minimum atomic E-state index is -0.113. The van der Waals surface area contributed by atoms with Gasteiger partial charge in [0.2, 0.25) is 0 Å². The van der Waals surface area contributed by atoms with Gasteiger partial charge in [0, 0.05) is 35.5 Å². The van der Waals surface area contributed by atoms with Gasteiger partial charge in [-0.15, -0.1) is 0 Å². The summed E-state index contributed by atoms with van der Waals surface area (Å²) in [5, 5.41) is 2.79. The molecule has 3 rings (SSSR count). The number of nitrogens with one attached hydrogen (secondary N) is 1. The highest BCUT2D eigenvalue weighted by Gasteiger charge is 2.26. The maximum atomic E-state index is 12.4. The fraction of sp³-hybridized carbons (Fsp3) is 0.333. The van der Waals surface area contributed by atoms with Crippen LogP contribution in [0.3, 0.4) is 0 Å². The molecule has 20 heavy (non-hydrogen) atoms. The van der Waals surface area contributed by atoms with Gasteiger partial charge in [0.15, 0.2) is 0 Å². The molecule has 0 unspecified atom stereocenters. The van der Waals surface area contributed by atoms with Crippen LogP contribution in [0.25, 0.3) is 5.57 Å². The summed E-state index contributed by atoms with van der Waals surface area (Å²) in [5.74, 6) is -0.121. The second-order valence-electron chi connectivity index (χ2n) is 4.82. The lowest BCUT2D eigenvalue weighted by Crippen LogP contribution is -2.40. The first kappa shape index (κ1) is 12.9. The Labute approximate surface area is 117 Å². The second kappa shape index (κ2) is 5.09. The molecule has 1 N–H and O–H groups in total. The van der Waals surface area contributed by atoms with Gasteiger partial charge in [-0.05, 0) is 25.1 Å². The Hall–Kier alpha value is -2.14. The van der Waals surface area contributed by atoms with Crippen molar-refractivity contribution in [2.75, 3.05) is 31.6 Å². The van der Waals surface area contributed by atoms with Crippen LogP contribution in [0.2, 0.25) is 0 Å².